The van der Waals surface area contributed by atoms with Gasteiger partial charge in [0.1, 0.15) is 10.6 Å². The van der Waals surface area contributed by atoms with Crippen LogP contribution in [0.15, 0.2) is 16.7 Å². The van der Waals surface area contributed by atoms with Gasteiger partial charge in [-0.15, -0.1) is 11.3 Å². The average molecular weight is 265 g/mol. The number of aromatic nitrogens is 1. The highest BCUT2D eigenvalue weighted by molar-refractivity contribution is 7.13. The molecule has 0 spiro atoms. The molecule has 0 atom stereocenters. The average Bonchev–Trinajstić information content (AvgIpc) is 2.90. The molecule has 96 valence electrons. The number of hydrogen-bond donors (Lipinski definition) is 1. The third kappa shape index (κ3) is 2.79. The number of aryl methyl sites for hydroxylation is 3. The van der Waals surface area contributed by atoms with Gasteiger partial charge in [0.15, 0.2) is 0 Å². The van der Waals surface area contributed by atoms with Crippen LogP contribution in [0.1, 0.15) is 38.0 Å². The van der Waals surface area contributed by atoms with E-state index in [0.717, 1.165) is 35.6 Å². The molecule has 0 unspecified atom stereocenters. The quantitative estimate of drug-likeness (QED) is 0.901. The van der Waals surface area contributed by atoms with Crippen molar-refractivity contribution in [2.75, 3.05) is 0 Å². The van der Waals surface area contributed by atoms with Gasteiger partial charge < -0.3 is 9.63 Å². The molecule has 18 heavy (non-hydrogen) atoms. The van der Waals surface area contributed by atoms with E-state index in [1.54, 1.807) is 6.07 Å². The molecule has 0 aliphatic rings. The maximum atomic E-state index is 10.8. The number of carbonyl (C=O) groups is 1. The van der Waals surface area contributed by atoms with Crippen LogP contribution in [0.4, 0.5) is 0 Å². The Morgan fingerprint density at radius 1 is 1.39 bits per heavy atom. The van der Waals surface area contributed by atoms with Crippen molar-refractivity contribution >= 4 is 17.3 Å². The number of hydrogen-bond acceptors (Lipinski definition) is 4. The molecule has 0 amide bonds. The Balaban J connectivity index is 1.90. The van der Waals surface area contributed by atoms with E-state index in [1.807, 2.05) is 19.9 Å². The van der Waals surface area contributed by atoms with Gasteiger partial charge in [0.25, 0.3) is 0 Å². The summed E-state index contributed by atoms with van der Waals surface area (Å²) < 4.78 is 5.11. The van der Waals surface area contributed by atoms with Crippen LogP contribution in [0.5, 0.6) is 0 Å². The first-order valence-electron chi connectivity index (χ1n) is 5.81. The van der Waals surface area contributed by atoms with Gasteiger partial charge in [-0.25, -0.2) is 4.79 Å². The van der Waals surface area contributed by atoms with E-state index in [-0.39, 0.29) is 0 Å². The summed E-state index contributed by atoms with van der Waals surface area (Å²) in [6.45, 7) is 3.86. The minimum atomic E-state index is -0.850. The normalized spacial score (nSPS) is 10.8. The van der Waals surface area contributed by atoms with Gasteiger partial charge in [-0.1, -0.05) is 5.16 Å². The molecule has 0 aliphatic carbocycles. The summed E-state index contributed by atoms with van der Waals surface area (Å²) >= 11 is 1.35. The molecule has 2 aromatic rings. The molecule has 2 rings (SSSR count). The number of rotatable bonds is 5. The summed E-state index contributed by atoms with van der Waals surface area (Å²) in [7, 11) is 0. The first-order valence-corrected chi connectivity index (χ1v) is 6.63. The minimum absolute atomic E-state index is 0.405. The molecule has 5 heteroatoms. The lowest BCUT2D eigenvalue weighted by Gasteiger charge is -1.99. The lowest BCUT2D eigenvalue weighted by molar-refractivity contribution is 0.0702. The van der Waals surface area contributed by atoms with Crippen molar-refractivity contribution in [3.05, 3.63) is 38.9 Å². The van der Waals surface area contributed by atoms with Crippen LogP contribution in [0, 0.1) is 13.8 Å². The highest BCUT2D eigenvalue weighted by Gasteiger charge is 2.10. The van der Waals surface area contributed by atoms with Crippen LogP contribution in [0.2, 0.25) is 0 Å². The fraction of sp³-hybridized carbons (Fsp3) is 0.385. The van der Waals surface area contributed by atoms with Gasteiger partial charge in [0.05, 0.1) is 5.69 Å². The van der Waals surface area contributed by atoms with Crippen molar-refractivity contribution in [1.82, 2.24) is 5.16 Å². The highest BCUT2D eigenvalue weighted by atomic mass is 32.1. The van der Waals surface area contributed by atoms with Crippen molar-refractivity contribution < 1.29 is 14.4 Å². The Morgan fingerprint density at radius 2 is 2.17 bits per heavy atom. The molecule has 0 radical (unpaired) electrons. The lowest BCUT2D eigenvalue weighted by atomic mass is 10.1. The van der Waals surface area contributed by atoms with Gasteiger partial charge in [0, 0.05) is 10.4 Å². The zero-order chi connectivity index (χ0) is 13.1. The molecule has 0 saturated carbocycles. The topological polar surface area (TPSA) is 63.3 Å². The maximum absolute atomic E-state index is 10.8. The molecule has 2 heterocycles. The molecular formula is C13H15NO3S. The third-order valence-corrected chi connectivity index (χ3v) is 4.04. The monoisotopic (exact) mass is 265 g/mol. The number of carboxylic acids is 1. The van der Waals surface area contributed by atoms with Crippen molar-refractivity contribution in [1.29, 1.82) is 0 Å². The fourth-order valence-electron chi connectivity index (χ4n) is 1.93. The van der Waals surface area contributed by atoms with Gasteiger partial charge in [-0.05, 0) is 45.2 Å². The fourth-order valence-corrected chi connectivity index (χ4v) is 2.81. The van der Waals surface area contributed by atoms with E-state index < -0.39 is 5.97 Å². The SMILES string of the molecule is Cc1noc(C)c1CCCc1ccc(C(=O)O)s1. The number of carboxylic acid groups (broad SMARTS) is 1. The predicted octanol–water partition coefficient (Wildman–Crippen LogP) is 3.23. The molecular weight excluding hydrogens is 250 g/mol. The van der Waals surface area contributed by atoms with Crippen molar-refractivity contribution in [3.63, 3.8) is 0 Å². The first-order chi connectivity index (χ1) is 8.58. The van der Waals surface area contributed by atoms with Crippen LogP contribution < -0.4 is 0 Å². The van der Waals surface area contributed by atoms with E-state index >= 15 is 0 Å². The van der Waals surface area contributed by atoms with Crippen molar-refractivity contribution in [3.8, 4) is 0 Å². The Kier molecular flexibility index (Phi) is 3.81. The molecule has 2 aromatic heterocycles. The highest BCUT2D eigenvalue weighted by Crippen LogP contribution is 2.20. The summed E-state index contributed by atoms with van der Waals surface area (Å²) in [4.78, 5) is 12.3. The summed E-state index contributed by atoms with van der Waals surface area (Å²) in [5.74, 6) is 0.0295. The molecule has 0 saturated heterocycles. The molecule has 0 aromatic carbocycles. The van der Waals surface area contributed by atoms with Gasteiger partial charge in [-0.2, -0.15) is 0 Å². The zero-order valence-electron chi connectivity index (χ0n) is 10.4. The van der Waals surface area contributed by atoms with Crippen LogP contribution in [-0.2, 0) is 12.8 Å². The van der Waals surface area contributed by atoms with Crippen LogP contribution in [0.3, 0.4) is 0 Å². The van der Waals surface area contributed by atoms with E-state index in [9.17, 15) is 4.79 Å². The molecule has 4 nitrogen and oxygen atoms in total. The second-order valence-electron chi connectivity index (χ2n) is 4.23. The van der Waals surface area contributed by atoms with Crippen molar-refractivity contribution in [2.24, 2.45) is 0 Å². The Hall–Kier alpha value is -1.62. The molecule has 0 bridgehead atoms. The van der Waals surface area contributed by atoms with Crippen LogP contribution in [0.25, 0.3) is 0 Å². The van der Waals surface area contributed by atoms with Gasteiger partial charge in [-0.3, -0.25) is 0 Å². The second-order valence-corrected chi connectivity index (χ2v) is 5.40. The summed E-state index contributed by atoms with van der Waals surface area (Å²) in [5, 5.41) is 12.8. The predicted molar refractivity (Wildman–Crippen MR) is 69.3 cm³/mol. The van der Waals surface area contributed by atoms with Crippen molar-refractivity contribution in [2.45, 2.75) is 33.1 Å². The summed E-state index contributed by atoms with van der Waals surface area (Å²) in [6, 6.07) is 3.56. The van der Waals surface area contributed by atoms with E-state index in [0.29, 0.717) is 4.88 Å². The molecule has 1 N–H and O–H groups in total. The van der Waals surface area contributed by atoms with Crippen LogP contribution >= 0.6 is 11.3 Å². The number of aromatic carboxylic acids is 1. The molecule has 0 fully saturated rings. The third-order valence-electron chi connectivity index (χ3n) is 2.90. The second kappa shape index (κ2) is 5.35. The largest absolute Gasteiger partial charge is 0.477 e. The minimum Gasteiger partial charge on any atom is -0.477 e. The van der Waals surface area contributed by atoms with Gasteiger partial charge >= 0.3 is 5.97 Å². The van der Waals surface area contributed by atoms with Gasteiger partial charge in [0.2, 0.25) is 0 Å². The summed E-state index contributed by atoms with van der Waals surface area (Å²) in [6.07, 6.45) is 2.78. The number of thiophene rings is 1. The van der Waals surface area contributed by atoms with E-state index in [1.165, 1.54) is 16.9 Å². The summed E-state index contributed by atoms with van der Waals surface area (Å²) in [5.41, 5.74) is 2.12. The Bertz CT molecular complexity index is 537. The first kappa shape index (κ1) is 12.8. The standard InChI is InChI=1S/C13H15NO3S/c1-8-11(9(2)17-14-8)5-3-4-10-6-7-12(18-10)13(15)16/h6-7H,3-5H2,1-2H3,(H,15,16). The smallest absolute Gasteiger partial charge is 0.345 e. The van der Waals surface area contributed by atoms with E-state index in [4.69, 9.17) is 9.63 Å². The Labute approximate surface area is 109 Å². The maximum Gasteiger partial charge on any atom is 0.345 e. The number of nitrogens with zero attached hydrogens (tertiary/aromatic N) is 1. The molecule has 0 aliphatic heterocycles. The lowest BCUT2D eigenvalue weighted by Crippen LogP contribution is -1.91. The van der Waals surface area contributed by atoms with Crippen LogP contribution in [-0.4, -0.2) is 16.2 Å². The zero-order valence-corrected chi connectivity index (χ0v) is 11.2. The van der Waals surface area contributed by atoms with E-state index in [2.05, 4.69) is 5.16 Å². The Morgan fingerprint density at radius 3 is 2.72 bits per heavy atom.